The summed E-state index contributed by atoms with van der Waals surface area (Å²) in [4.78, 5) is 13.7. The standard InChI is InChI=1S/C14H27N3O2/c15-12-4-6-13(7-5-12)19-11-8-16-14(18)17-9-2-1-3-10-17/h12-13H,1-11,15H2,(H,16,18). The number of rotatable bonds is 4. The van der Waals surface area contributed by atoms with E-state index in [1.165, 1.54) is 6.42 Å². The van der Waals surface area contributed by atoms with Crippen LogP contribution in [0.5, 0.6) is 0 Å². The molecule has 2 aliphatic rings. The molecule has 0 aromatic heterocycles. The molecule has 0 atom stereocenters. The summed E-state index contributed by atoms with van der Waals surface area (Å²) >= 11 is 0. The number of carbonyl (C=O) groups excluding carboxylic acids is 1. The number of urea groups is 1. The van der Waals surface area contributed by atoms with Gasteiger partial charge in [0.05, 0.1) is 12.7 Å². The molecule has 1 saturated carbocycles. The summed E-state index contributed by atoms with van der Waals surface area (Å²) in [6.45, 7) is 3.01. The van der Waals surface area contributed by atoms with Crippen LogP contribution in [0.3, 0.4) is 0 Å². The Kier molecular flexibility index (Phi) is 5.92. The number of nitrogens with zero attached hydrogens (tertiary/aromatic N) is 1. The zero-order chi connectivity index (χ0) is 13.5. The van der Waals surface area contributed by atoms with E-state index < -0.39 is 0 Å². The van der Waals surface area contributed by atoms with Gasteiger partial charge in [0, 0.05) is 25.7 Å². The van der Waals surface area contributed by atoms with E-state index in [4.69, 9.17) is 10.5 Å². The molecule has 0 bridgehead atoms. The molecule has 2 amide bonds. The van der Waals surface area contributed by atoms with Crippen molar-refractivity contribution in [2.45, 2.75) is 57.1 Å². The Morgan fingerprint density at radius 1 is 1.16 bits per heavy atom. The number of piperidine rings is 1. The highest BCUT2D eigenvalue weighted by atomic mass is 16.5. The first-order valence-corrected chi connectivity index (χ1v) is 7.65. The zero-order valence-electron chi connectivity index (χ0n) is 11.8. The van der Waals surface area contributed by atoms with E-state index in [0.717, 1.165) is 51.6 Å². The van der Waals surface area contributed by atoms with Crippen molar-refractivity contribution in [3.8, 4) is 0 Å². The van der Waals surface area contributed by atoms with Crippen molar-refractivity contribution < 1.29 is 9.53 Å². The molecule has 3 N–H and O–H groups in total. The fourth-order valence-corrected chi connectivity index (χ4v) is 2.85. The molecule has 0 aromatic carbocycles. The number of nitrogens with one attached hydrogen (secondary N) is 1. The lowest BCUT2D eigenvalue weighted by Gasteiger charge is -2.28. The van der Waals surface area contributed by atoms with E-state index in [1.807, 2.05) is 4.90 Å². The second-order valence-corrected chi connectivity index (χ2v) is 5.69. The van der Waals surface area contributed by atoms with Crippen LogP contribution in [0.25, 0.3) is 0 Å². The number of carbonyl (C=O) groups is 1. The number of amides is 2. The predicted octanol–water partition coefficient (Wildman–Crippen LogP) is 1.47. The molecule has 2 rings (SSSR count). The van der Waals surface area contributed by atoms with Crippen molar-refractivity contribution in [3.05, 3.63) is 0 Å². The molecule has 0 aromatic rings. The largest absolute Gasteiger partial charge is 0.376 e. The Bertz CT molecular complexity index is 272. The minimum Gasteiger partial charge on any atom is -0.376 e. The van der Waals surface area contributed by atoms with Crippen molar-refractivity contribution in [1.82, 2.24) is 10.2 Å². The second kappa shape index (κ2) is 7.70. The Hall–Kier alpha value is -0.810. The van der Waals surface area contributed by atoms with Gasteiger partial charge in [0.1, 0.15) is 0 Å². The van der Waals surface area contributed by atoms with Gasteiger partial charge in [-0.3, -0.25) is 0 Å². The third-order valence-corrected chi connectivity index (χ3v) is 4.09. The number of likely N-dealkylation sites (tertiary alicyclic amines) is 1. The molecule has 5 heteroatoms. The number of hydrogen-bond acceptors (Lipinski definition) is 3. The number of ether oxygens (including phenoxy) is 1. The van der Waals surface area contributed by atoms with Crippen molar-refractivity contribution in [1.29, 1.82) is 0 Å². The summed E-state index contributed by atoms with van der Waals surface area (Å²) < 4.78 is 5.78. The first-order chi connectivity index (χ1) is 9.25. The monoisotopic (exact) mass is 269 g/mol. The third kappa shape index (κ3) is 4.99. The molecule has 2 fully saturated rings. The normalized spacial score (nSPS) is 28.2. The van der Waals surface area contributed by atoms with Crippen molar-refractivity contribution >= 4 is 6.03 Å². The van der Waals surface area contributed by atoms with Gasteiger partial charge in [-0.05, 0) is 44.9 Å². The molecule has 5 nitrogen and oxygen atoms in total. The Morgan fingerprint density at radius 2 is 1.84 bits per heavy atom. The van der Waals surface area contributed by atoms with Crippen LogP contribution in [0.4, 0.5) is 4.79 Å². The third-order valence-electron chi connectivity index (χ3n) is 4.09. The van der Waals surface area contributed by atoms with Gasteiger partial charge >= 0.3 is 6.03 Å². The SMILES string of the molecule is NC1CCC(OCCNC(=O)N2CCCCC2)CC1. The Balaban J connectivity index is 1.52. The molecule has 19 heavy (non-hydrogen) atoms. The summed E-state index contributed by atoms with van der Waals surface area (Å²) in [5.74, 6) is 0. The van der Waals surface area contributed by atoms with Gasteiger partial charge in [0.15, 0.2) is 0 Å². The lowest BCUT2D eigenvalue weighted by atomic mass is 9.94. The quantitative estimate of drug-likeness (QED) is 0.759. The lowest BCUT2D eigenvalue weighted by molar-refractivity contribution is 0.0273. The smallest absolute Gasteiger partial charge is 0.317 e. The maximum absolute atomic E-state index is 11.8. The average Bonchev–Trinajstić information content (AvgIpc) is 2.46. The first-order valence-electron chi connectivity index (χ1n) is 7.65. The minimum atomic E-state index is 0.0639. The highest BCUT2D eigenvalue weighted by molar-refractivity contribution is 5.74. The van der Waals surface area contributed by atoms with E-state index in [9.17, 15) is 4.79 Å². The minimum absolute atomic E-state index is 0.0639. The van der Waals surface area contributed by atoms with E-state index in [1.54, 1.807) is 0 Å². The molecular weight excluding hydrogens is 242 g/mol. The van der Waals surface area contributed by atoms with Crippen molar-refractivity contribution in [2.75, 3.05) is 26.2 Å². The number of nitrogens with two attached hydrogens (primary N) is 1. The fraction of sp³-hybridized carbons (Fsp3) is 0.929. The van der Waals surface area contributed by atoms with Crippen LogP contribution in [-0.2, 0) is 4.74 Å². The molecular formula is C14H27N3O2. The van der Waals surface area contributed by atoms with Crippen LogP contribution < -0.4 is 11.1 Å². The molecule has 110 valence electrons. The molecule has 1 heterocycles. The van der Waals surface area contributed by atoms with Gasteiger partial charge in [0.25, 0.3) is 0 Å². The predicted molar refractivity (Wildman–Crippen MR) is 75.0 cm³/mol. The molecule has 0 radical (unpaired) electrons. The second-order valence-electron chi connectivity index (χ2n) is 5.69. The molecule has 1 aliphatic heterocycles. The van der Waals surface area contributed by atoms with Crippen LogP contribution in [-0.4, -0.2) is 49.3 Å². The maximum atomic E-state index is 11.8. The van der Waals surface area contributed by atoms with Gasteiger partial charge in [-0.25, -0.2) is 4.79 Å². The molecule has 0 spiro atoms. The van der Waals surface area contributed by atoms with Crippen LogP contribution in [0, 0.1) is 0 Å². The maximum Gasteiger partial charge on any atom is 0.317 e. The average molecular weight is 269 g/mol. The summed E-state index contributed by atoms with van der Waals surface area (Å²) in [6, 6.07) is 0.424. The van der Waals surface area contributed by atoms with E-state index in [0.29, 0.717) is 25.3 Å². The molecule has 1 aliphatic carbocycles. The van der Waals surface area contributed by atoms with Crippen LogP contribution in [0.15, 0.2) is 0 Å². The van der Waals surface area contributed by atoms with Gasteiger partial charge < -0.3 is 20.7 Å². The van der Waals surface area contributed by atoms with Crippen LogP contribution in [0.2, 0.25) is 0 Å². The lowest BCUT2D eigenvalue weighted by Crippen LogP contribution is -2.44. The summed E-state index contributed by atoms with van der Waals surface area (Å²) in [6.07, 6.45) is 8.08. The fourth-order valence-electron chi connectivity index (χ4n) is 2.85. The van der Waals surface area contributed by atoms with Crippen LogP contribution in [0.1, 0.15) is 44.9 Å². The van der Waals surface area contributed by atoms with Gasteiger partial charge in [0.2, 0.25) is 0 Å². The van der Waals surface area contributed by atoms with Gasteiger partial charge in [-0.2, -0.15) is 0 Å². The molecule has 1 saturated heterocycles. The topological polar surface area (TPSA) is 67.6 Å². The Labute approximate surface area is 115 Å². The Morgan fingerprint density at radius 3 is 2.53 bits per heavy atom. The first kappa shape index (κ1) is 14.6. The zero-order valence-corrected chi connectivity index (χ0v) is 11.8. The highest BCUT2D eigenvalue weighted by Gasteiger charge is 2.19. The number of hydrogen-bond donors (Lipinski definition) is 2. The molecule has 0 unspecified atom stereocenters. The summed E-state index contributed by atoms with van der Waals surface area (Å²) in [7, 11) is 0. The summed E-state index contributed by atoms with van der Waals surface area (Å²) in [5, 5.41) is 2.94. The highest BCUT2D eigenvalue weighted by Crippen LogP contribution is 2.19. The van der Waals surface area contributed by atoms with Gasteiger partial charge in [-0.15, -0.1) is 0 Å². The van der Waals surface area contributed by atoms with Crippen molar-refractivity contribution in [2.24, 2.45) is 5.73 Å². The van der Waals surface area contributed by atoms with Gasteiger partial charge in [-0.1, -0.05) is 0 Å². The summed E-state index contributed by atoms with van der Waals surface area (Å²) in [5.41, 5.74) is 5.86. The van der Waals surface area contributed by atoms with Crippen molar-refractivity contribution in [3.63, 3.8) is 0 Å². The van der Waals surface area contributed by atoms with E-state index in [-0.39, 0.29) is 6.03 Å². The van der Waals surface area contributed by atoms with Crippen LogP contribution >= 0.6 is 0 Å². The van der Waals surface area contributed by atoms with E-state index in [2.05, 4.69) is 5.32 Å². The van der Waals surface area contributed by atoms with E-state index >= 15 is 0 Å².